The van der Waals surface area contributed by atoms with Gasteiger partial charge in [0.25, 0.3) is 11.3 Å². The first-order valence-corrected chi connectivity index (χ1v) is 9.30. The summed E-state index contributed by atoms with van der Waals surface area (Å²) < 4.78 is 11.1. The minimum Gasteiger partial charge on any atom is -0.461 e. The van der Waals surface area contributed by atoms with Gasteiger partial charge in [-0.05, 0) is 45.4 Å². The summed E-state index contributed by atoms with van der Waals surface area (Å²) >= 11 is 0. The number of hydrogen-bond acceptors (Lipinski definition) is 7. The molecule has 0 saturated carbocycles. The molecule has 1 unspecified atom stereocenters. The fourth-order valence-electron chi connectivity index (χ4n) is 3.08. The second kappa shape index (κ2) is 8.26. The van der Waals surface area contributed by atoms with Crippen LogP contribution in [-0.2, 0) is 9.53 Å². The molecule has 29 heavy (non-hydrogen) atoms. The van der Waals surface area contributed by atoms with Crippen molar-refractivity contribution in [3.63, 3.8) is 0 Å². The lowest BCUT2D eigenvalue weighted by Gasteiger charge is -2.25. The van der Waals surface area contributed by atoms with Crippen molar-refractivity contribution in [1.82, 2.24) is 14.7 Å². The minimum atomic E-state index is -0.857. The summed E-state index contributed by atoms with van der Waals surface area (Å²) in [6.45, 7) is 7.60. The first-order chi connectivity index (χ1) is 13.9. The molecule has 0 N–H and O–H groups in total. The van der Waals surface area contributed by atoms with E-state index in [-0.39, 0.29) is 29.3 Å². The Morgan fingerprint density at radius 3 is 2.72 bits per heavy atom. The predicted molar refractivity (Wildman–Crippen MR) is 106 cm³/mol. The molecule has 152 valence electrons. The van der Waals surface area contributed by atoms with Crippen molar-refractivity contribution in [2.45, 2.75) is 33.7 Å². The van der Waals surface area contributed by atoms with Crippen molar-refractivity contribution in [3.8, 4) is 0 Å². The highest BCUT2D eigenvalue weighted by molar-refractivity contribution is 6.00. The van der Waals surface area contributed by atoms with Crippen LogP contribution >= 0.6 is 0 Å². The molecule has 0 spiro atoms. The highest BCUT2D eigenvalue weighted by atomic mass is 16.5. The lowest BCUT2D eigenvalue weighted by molar-refractivity contribution is -0.121. The molecule has 0 saturated heterocycles. The van der Waals surface area contributed by atoms with Crippen LogP contribution in [0.25, 0.3) is 11.1 Å². The summed E-state index contributed by atoms with van der Waals surface area (Å²) in [5.74, 6) is -1.06. The van der Waals surface area contributed by atoms with E-state index in [2.05, 4.69) is 10.1 Å². The zero-order valence-electron chi connectivity index (χ0n) is 16.7. The number of carbonyl (C=O) groups excluding carboxylic acids is 2. The molecule has 0 aliphatic carbocycles. The number of likely N-dealkylation sites (N-methyl/N-ethyl adjacent to an activating group) is 1. The Morgan fingerprint density at radius 2 is 2.07 bits per heavy atom. The highest BCUT2D eigenvalue weighted by Crippen LogP contribution is 2.20. The standard InChI is InChI=1S/C20H22N4O5/c1-5-23(14-9-7-8-12(3)10-14)18(25)13(4)24-11-21-17-15(19(24)26)16(22-29-17)20(27)28-6-2/h7-11,13H,5-6H2,1-4H3. The van der Waals surface area contributed by atoms with Crippen molar-refractivity contribution in [3.05, 3.63) is 52.2 Å². The summed E-state index contributed by atoms with van der Waals surface area (Å²) in [5.41, 5.74) is 0.827. The smallest absolute Gasteiger partial charge is 0.361 e. The van der Waals surface area contributed by atoms with Crippen LogP contribution in [0.3, 0.4) is 0 Å². The van der Waals surface area contributed by atoms with Gasteiger partial charge < -0.3 is 14.2 Å². The van der Waals surface area contributed by atoms with Gasteiger partial charge in [-0.25, -0.2) is 9.78 Å². The summed E-state index contributed by atoms with van der Waals surface area (Å²) in [5, 5.41) is 3.50. The normalized spacial score (nSPS) is 12.0. The molecule has 0 aliphatic heterocycles. The van der Waals surface area contributed by atoms with Gasteiger partial charge in [-0.1, -0.05) is 17.3 Å². The number of esters is 1. The Balaban J connectivity index is 2.02. The lowest BCUT2D eigenvalue weighted by atomic mass is 10.2. The molecule has 0 fully saturated rings. The van der Waals surface area contributed by atoms with Crippen LogP contribution in [0.5, 0.6) is 0 Å². The van der Waals surface area contributed by atoms with E-state index < -0.39 is 17.6 Å². The topological polar surface area (TPSA) is 108 Å². The molecular formula is C20H22N4O5. The van der Waals surface area contributed by atoms with Crippen molar-refractivity contribution < 1.29 is 18.8 Å². The van der Waals surface area contributed by atoms with Gasteiger partial charge in [0.2, 0.25) is 11.6 Å². The first-order valence-electron chi connectivity index (χ1n) is 9.30. The highest BCUT2D eigenvalue weighted by Gasteiger charge is 2.27. The van der Waals surface area contributed by atoms with Crippen LogP contribution in [0.2, 0.25) is 0 Å². The first kappa shape index (κ1) is 20.2. The van der Waals surface area contributed by atoms with Gasteiger partial charge in [0.1, 0.15) is 17.8 Å². The van der Waals surface area contributed by atoms with Crippen molar-refractivity contribution in [2.75, 3.05) is 18.1 Å². The summed E-state index contributed by atoms with van der Waals surface area (Å²) in [7, 11) is 0. The molecule has 1 atom stereocenters. The van der Waals surface area contributed by atoms with E-state index in [0.29, 0.717) is 6.54 Å². The average Bonchev–Trinajstić information content (AvgIpc) is 3.14. The maximum Gasteiger partial charge on any atom is 0.361 e. The number of aromatic nitrogens is 3. The van der Waals surface area contributed by atoms with E-state index >= 15 is 0 Å². The largest absolute Gasteiger partial charge is 0.461 e. The molecule has 0 radical (unpaired) electrons. The third-order valence-corrected chi connectivity index (χ3v) is 4.56. The zero-order chi connectivity index (χ0) is 21.1. The minimum absolute atomic E-state index is 0.0833. The van der Waals surface area contributed by atoms with Gasteiger partial charge in [-0.15, -0.1) is 0 Å². The van der Waals surface area contributed by atoms with Gasteiger partial charge in [-0.2, -0.15) is 0 Å². The molecular weight excluding hydrogens is 376 g/mol. The quantitative estimate of drug-likeness (QED) is 0.587. The summed E-state index contributed by atoms with van der Waals surface area (Å²) in [6, 6.07) is 6.69. The Labute approximate surface area is 166 Å². The van der Waals surface area contributed by atoms with E-state index in [9.17, 15) is 14.4 Å². The van der Waals surface area contributed by atoms with E-state index in [1.807, 2.05) is 38.1 Å². The molecule has 1 aromatic carbocycles. The van der Waals surface area contributed by atoms with Crippen LogP contribution in [0, 0.1) is 6.92 Å². The number of benzene rings is 1. The van der Waals surface area contributed by atoms with Crippen LogP contribution in [-0.4, -0.2) is 39.7 Å². The predicted octanol–water partition coefficient (Wildman–Crippen LogP) is 2.48. The van der Waals surface area contributed by atoms with Gasteiger partial charge >= 0.3 is 5.97 Å². The number of anilines is 1. The second-order valence-corrected chi connectivity index (χ2v) is 6.49. The van der Waals surface area contributed by atoms with Crippen LogP contribution < -0.4 is 10.5 Å². The Kier molecular flexibility index (Phi) is 5.76. The Morgan fingerprint density at radius 1 is 1.31 bits per heavy atom. The molecule has 1 amide bonds. The number of rotatable bonds is 6. The van der Waals surface area contributed by atoms with Crippen LogP contribution in [0.15, 0.2) is 39.9 Å². The monoisotopic (exact) mass is 398 g/mol. The van der Waals surface area contributed by atoms with Gasteiger partial charge in [0, 0.05) is 12.2 Å². The third-order valence-electron chi connectivity index (χ3n) is 4.56. The van der Waals surface area contributed by atoms with E-state index in [0.717, 1.165) is 11.3 Å². The van der Waals surface area contributed by atoms with Gasteiger partial charge in [0.05, 0.1) is 6.61 Å². The number of amides is 1. The van der Waals surface area contributed by atoms with Gasteiger partial charge in [0.15, 0.2) is 0 Å². The summed E-state index contributed by atoms with van der Waals surface area (Å²) in [4.78, 5) is 43.8. The average molecular weight is 398 g/mol. The molecule has 2 aromatic heterocycles. The number of nitrogens with zero attached hydrogens (tertiary/aromatic N) is 4. The molecule has 0 aliphatic rings. The number of hydrogen-bond donors (Lipinski definition) is 0. The maximum absolute atomic E-state index is 13.1. The Hall–Kier alpha value is -3.49. The second-order valence-electron chi connectivity index (χ2n) is 6.49. The molecule has 9 heteroatoms. The molecule has 2 heterocycles. The van der Waals surface area contributed by atoms with Crippen molar-refractivity contribution in [2.24, 2.45) is 0 Å². The molecule has 9 nitrogen and oxygen atoms in total. The lowest BCUT2D eigenvalue weighted by Crippen LogP contribution is -2.39. The molecule has 0 bridgehead atoms. The summed E-state index contributed by atoms with van der Waals surface area (Å²) in [6.07, 6.45) is 1.22. The fourth-order valence-corrected chi connectivity index (χ4v) is 3.08. The third kappa shape index (κ3) is 3.75. The fraction of sp³-hybridized carbons (Fsp3) is 0.350. The number of carbonyl (C=O) groups is 2. The van der Waals surface area contributed by atoms with Gasteiger partial charge in [-0.3, -0.25) is 14.2 Å². The molecule has 3 aromatic rings. The van der Waals surface area contributed by atoms with E-state index in [1.165, 1.54) is 10.9 Å². The number of ether oxygens (including phenoxy) is 1. The zero-order valence-corrected chi connectivity index (χ0v) is 16.7. The SMILES string of the molecule is CCOC(=O)c1noc2ncn(C(C)C(=O)N(CC)c3cccc(C)c3)c(=O)c12. The van der Waals surface area contributed by atoms with E-state index in [4.69, 9.17) is 9.26 Å². The molecule has 3 rings (SSSR count). The number of aryl methyl sites for hydroxylation is 1. The van der Waals surface area contributed by atoms with Crippen LogP contribution in [0.4, 0.5) is 5.69 Å². The number of fused-ring (bicyclic) bond motifs is 1. The Bertz CT molecular complexity index is 1120. The van der Waals surface area contributed by atoms with Crippen LogP contribution in [0.1, 0.15) is 42.9 Å². The van der Waals surface area contributed by atoms with Crippen molar-refractivity contribution >= 4 is 28.7 Å². The van der Waals surface area contributed by atoms with E-state index in [1.54, 1.807) is 18.7 Å². The maximum atomic E-state index is 13.1. The van der Waals surface area contributed by atoms with Crippen molar-refractivity contribution in [1.29, 1.82) is 0 Å².